The average Bonchev–Trinajstić information content (AvgIpc) is 3.52. The molecule has 202 valence electrons. The fourth-order valence-corrected chi connectivity index (χ4v) is 5.71. The maximum Gasteiger partial charge on any atom is 0.228 e. The van der Waals surface area contributed by atoms with Gasteiger partial charge in [0.1, 0.15) is 5.52 Å². The Labute approximate surface area is 249 Å². The van der Waals surface area contributed by atoms with Crippen molar-refractivity contribution in [2.75, 3.05) is 0 Å². The molecule has 0 aliphatic carbocycles. The van der Waals surface area contributed by atoms with E-state index in [4.69, 9.17) is 19.4 Å². The third-order valence-electron chi connectivity index (χ3n) is 7.76. The fourth-order valence-electron chi connectivity index (χ4n) is 5.71. The molecule has 2 aromatic heterocycles. The summed E-state index contributed by atoms with van der Waals surface area (Å²) >= 11 is 0. The number of para-hydroxylation sites is 2. The highest BCUT2D eigenvalue weighted by atomic mass is 16.3. The number of benzene rings is 6. The van der Waals surface area contributed by atoms with Crippen molar-refractivity contribution in [3.63, 3.8) is 0 Å². The first-order valence-corrected chi connectivity index (χ1v) is 14.3. The molecule has 8 aromatic rings. The van der Waals surface area contributed by atoms with Gasteiger partial charge in [-0.3, -0.25) is 0 Å². The lowest BCUT2D eigenvalue weighted by Gasteiger charge is -2.16. The zero-order valence-corrected chi connectivity index (χ0v) is 23.2. The Morgan fingerprint density at radius 2 is 1.09 bits per heavy atom. The molecule has 8 rings (SSSR count). The molecule has 0 radical (unpaired) electrons. The highest BCUT2D eigenvalue weighted by Crippen LogP contribution is 2.42. The Morgan fingerprint density at radius 3 is 1.91 bits per heavy atom. The van der Waals surface area contributed by atoms with Crippen molar-refractivity contribution < 1.29 is 4.42 Å². The van der Waals surface area contributed by atoms with Crippen LogP contribution in [0.15, 0.2) is 156 Å². The highest BCUT2D eigenvalue weighted by molar-refractivity contribution is 6.05. The summed E-state index contributed by atoms with van der Waals surface area (Å²) in [5, 5.41) is 2.21. The minimum atomic E-state index is 0.598. The maximum atomic E-state index is 6.39. The number of aromatic nitrogens is 3. The molecule has 0 unspecified atom stereocenters. The van der Waals surface area contributed by atoms with E-state index in [2.05, 4.69) is 91.0 Å². The van der Waals surface area contributed by atoms with Crippen LogP contribution in [0.25, 0.3) is 78.4 Å². The molecule has 43 heavy (non-hydrogen) atoms. The summed E-state index contributed by atoms with van der Waals surface area (Å²) in [6, 6.07) is 51.5. The number of oxazole rings is 1. The number of nitrogens with zero attached hydrogens (tertiary/aromatic N) is 3. The van der Waals surface area contributed by atoms with Gasteiger partial charge in [0, 0.05) is 16.7 Å². The van der Waals surface area contributed by atoms with Gasteiger partial charge in [-0.1, -0.05) is 133 Å². The summed E-state index contributed by atoms with van der Waals surface area (Å²) in [4.78, 5) is 15.1. The molecular formula is C39H25N3O. The summed E-state index contributed by atoms with van der Waals surface area (Å²) < 4.78 is 6.39. The van der Waals surface area contributed by atoms with Gasteiger partial charge in [-0.15, -0.1) is 0 Å². The van der Waals surface area contributed by atoms with E-state index >= 15 is 0 Å². The van der Waals surface area contributed by atoms with Crippen LogP contribution in [0.5, 0.6) is 0 Å². The van der Waals surface area contributed by atoms with Gasteiger partial charge in [0.05, 0.1) is 17.0 Å². The third-order valence-corrected chi connectivity index (χ3v) is 7.76. The van der Waals surface area contributed by atoms with Crippen molar-refractivity contribution in [2.24, 2.45) is 0 Å². The third kappa shape index (κ3) is 4.55. The van der Waals surface area contributed by atoms with E-state index in [0.717, 1.165) is 66.6 Å². The Kier molecular flexibility index (Phi) is 6.08. The van der Waals surface area contributed by atoms with E-state index < -0.39 is 0 Å². The second-order valence-electron chi connectivity index (χ2n) is 10.4. The molecule has 0 aliphatic rings. The second-order valence-corrected chi connectivity index (χ2v) is 10.4. The molecule has 0 amide bonds. The number of hydrogen-bond acceptors (Lipinski definition) is 4. The lowest BCUT2D eigenvalue weighted by Crippen LogP contribution is -1.97. The van der Waals surface area contributed by atoms with Crippen LogP contribution in [0.3, 0.4) is 0 Å². The smallest absolute Gasteiger partial charge is 0.228 e. The van der Waals surface area contributed by atoms with Crippen molar-refractivity contribution >= 4 is 21.9 Å². The van der Waals surface area contributed by atoms with Crippen molar-refractivity contribution in [1.82, 2.24) is 15.0 Å². The van der Waals surface area contributed by atoms with E-state index in [1.54, 1.807) is 0 Å². The van der Waals surface area contributed by atoms with Crippen LogP contribution in [0.2, 0.25) is 0 Å². The second kappa shape index (κ2) is 10.5. The average molecular weight is 552 g/mol. The minimum absolute atomic E-state index is 0.598. The van der Waals surface area contributed by atoms with Gasteiger partial charge in [-0.2, -0.15) is 0 Å². The van der Waals surface area contributed by atoms with Crippen LogP contribution in [0.1, 0.15) is 0 Å². The topological polar surface area (TPSA) is 51.8 Å². The van der Waals surface area contributed by atoms with Gasteiger partial charge < -0.3 is 4.42 Å². The Morgan fingerprint density at radius 1 is 0.442 bits per heavy atom. The SMILES string of the molecule is c1ccc(-c2cc(-c3ccccc3-c3ccc4ccccc4c3-c3nc4ccccc4o3)nc(-c3ccccc3)n2)cc1. The van der Waals surface area contributed by atoms with Crippen LogP contribution < -0.4 is 0 Å². The number of hydrogen-bond donors (Lipinski definition) is 0. The molecule has 6 aromatic carbocycles. The summed E-state index contributed by atoms with van der Waals surface area (Å²) in [6.45, 7) is 0. The Balaban J connectivity index is 1.39. The zero-order valence-electron chi connectivity index (χ0n) is 23.2. The molecule has 0 N–H and O–H groups in total. The molecule has 4 heteroatoms. The van der Waals surface area contributed by atoms with E-state index in [0.29, 0.717) is 11.7 Å². The molecule has 2 heterocycles. The Hall–Kier alpha value is -5.87. The number of rotatable bonds is 5. The predicted octanol–water partition coefficient (Wildman–Crippen LogP) is 10.1. The van der Waals surface area contributed by atoms with Crippen molar-refractivity contribution in [2.45, 2.75) is 0 Å². The number of fused-ring (bicyclic) bond motifs is 2. The van der Waals surface area contributed by atoms with Gasteiger partial charge in [0.2, 0.25) is 5.89 Å². The van der Waals surface area contributed by atoms with Crippen molar-refractivity contribution in [1.29, 1.82) is 0 Å². The lowest BCUT2D eigenvalue weighted by molar-refractivity contribution is 0.621. The molecule has 0 atom stereocenters. The summed E-state index contributed by atoms with van der Waals surface area (Å²) in [7, 11) is 0. The predicted molar refractivity (Wildman–Crippen MR) is 174 cm³/mol. The first-order valence-electron chi connectivity index (χ1n) is 14.3. The molecule has 0 aliphatic heterocycles. The summed E-state index contributed by atoms with van der Waals surface area (Å²) in [5.41, 5.74) is 9.37. The normalized spacial score (nSPS) is 11.3. The summed E-state index contributed by atoms with van der Waals surface area (Å²) in [6.07, 6.45) is 0. The van der Waals surface area contributed by atoms with Crippen LogP contribution in [-0.4, -0.2) is 15.0 Å². The molecule has 0 fully saturated rings. The van der Waals surface area contributed by atoms with Crippen molar-refractivity contribution in [3.8, 4) is 56.5 Å². The zero-order chi connectivity index (χ0) is 28.6. The quantitative estimate of drug-likeness (QED) is 0.214. The fraction of sp³-hybridized carbons (Fsp3) is 0. The minimum Gasteiger partial charge on any atom is -0.436 e. The van der Waals surface area contributed by atoms with Gasteiger partial charge in [0.25, 0.3) is 0 Å². The monoisotopic (exact) mass is 551 g/mol. The van der Waals surface area contributed by atoms with Gasteiger partial charge in [0.15, 0.2) is 11.4 Å². The molecule has 0 spiro atoms. The van der Waals surface area contributed by atoms with Crippen LogP contribution in [-0.2, 0) is 0 Å². The van der Waals surface area contributed by atoms with E-state index in [1.807, 2.05) is 60.7 Å². The molecule has 0 bridgehead atoms. The van der Waals surface area contributed by atoms with Crippen LogP contribution in [0.4, 0.5) is 0 Å². The van der Waals surface area contributed by atoms with Gasteiger partial charge in [-0.05, 0) is 40.1 Å². The van der Waals surface area contributed by atoms with E-state index in [-0.39, 0.29) is 0 Å². The molecular weight excluding hydrogens is 526 g/mol. The van der Waals surface area contributed by atoms with E-state index in [9.17, 15) is 0 Å². The van der Waals surface area contributed by atoms with Gasteiger partial charge >= 0.3 is 0 Å². The van der Waals surface area contributed by atoms with Crippen LogP contribution in [0, 0.1) is 0 Å². The Bertz CT molecular complexity index is 2150. The molecule has 0 saturated heterocycles. The van der Waals surface area contributed by atoms with Gasteiger partial charge in [-0.25, -0.2) is 15.0 Å². The standard InChI is InChI=1S/C39H25N3O/c1-3-14-27(15-4-1)34-25-35(41-38(40-34)28-16-5-2-6-17-28)31-20-10-9-19-30(31)32-24-23-26-13-7-8-18-29(26)37(32)39-42-33-21-11-12-22-36(33)43-39/h1-25H. The largest absolute Gasteiger partial charge is 0.436 e. The molecule has 0 saturated carbocycles. The van der Waals surface area contributed by atoms with Crippen LogP contribution >= 0.6 is 0 Å². The lowest BCUT2D eigenvalue weighted by atomic mass is 9.90. The van der Waals surface area contributed by atoms with E-state index in [1.165, 1.54) is 0 Å². The summed E-state index contributed by atoms with van der Waals surface area (Å²) in [5.74, 6) is 1.28. The van der Waals surface area contributed by atoms with Crippen molar-refractivity contribution in [3.05, 3.63) is 152 Å². The molecule has 4 nitrogen and oxygen atoms in total. The maximum absolute atomic E-state index is 6.39. The first kappa shape index (κ1) is 24.9. The first-order chi connectivity index (χ1) is 21.3. The highest BCUT2D eigenvalue weighted by Gasteiger charge is 2.21.